The number of likely N-dealkylation sites (tertiary alicyclic amines) is 1. The maximum Gasteiger partial charge on any atom is 0.253 e. The van der Waals surface area contributed by atoms with Crippen LogP contribution in [0.15, 0.2) is 48.5 Å². The average molecular weight is 377 g/mol. The number of rotatable bonds is 4. The number of hydrogen-bond donors (Lipinski definition) is 1. The number of carbonyl (C=O) groups is 2. The fourth-order valence-corrected chi connectivity index (χ4v) is 4.07. The van der Waals surface area contributed by atoms with Crippen LogP contribution in [-0.2, 0) is 17.8 Å². The molecule has 2 aromatic rings. The van der Waals surface area contributed by atoms with Gasteiger partial charge in [-0.15, -0.1) is 0 Å². The van der Waals surface area contributed by atoms with Gasteiger partial charge in [-0.25, -0.2) is 0 Å². The quantitative estimate of drug-likeness (QED) is 0.889. The molecule has 0 aliphatic carbocycles. The zero-order chi connectivity index (χ0) is 19.3. The number of piperidine rings is 1. The maximum absolute atomic E-state index is 12.5. The summed E-state index contributed by atoms with van der Waals surface area (Å²) >= 11 is 0. The minimum Gasteiger partial charge on any atom is -0.339 e. The van der Waals surface area contributed by atoms with Crippen LogP contribution in [0, 0.1) is 0 Å². The molecule has 1 saturated heterocycles. The summed E-state index contributed by atoms with van der Waals surface area (Å²) in [5.74, 6) is 0.0686. The molecule has 1 fully saturated rings. The maximum atomic E-state index is 12.5. The average Bonchev–Trinajstić information content (AvgIpc) is 2.74. The smallest absolute Gasteiger partial charge is 0.253 e. The normalized spacial score (nSPS) is 17.1. The Morgan fingerprint density at radius 2 is 1.57 bits per heavy atom. The van der Waals surface area contributed by atoms with Crippen LogP contribution in [0.2, 0.25) is 0 Å². The summed E-state index contributed by atoms with van der Waals surface area (Å²) in [6.45, 7) is 3.77. The molecule has 0 spiro atoms. The highest BCUT2D eigenvalue weighted by Crippen LogP contribution is 2.19. The van der Waals surface area contributed by atoms with Crippen molar-refractivity contribution in [3.8, 4) is 0 Å². The molecule has 0 unspecified atom stereocenters. The van der Waals surface area contributed by atoms with Crippen molar-refractivity contribution in [3.63, 3.8) is 0 Å². The SMILES string of the molecule is O=C(CN1CCc2ccccc2C1)Nc1ccc(C(=O)N2CCCCC2)cc1. The number of fused-ring (bicyclic) bond motifs is 1. The van der Waals surface area contributed by atoms with Crippen molar-refractivity contribution in [2.24, 2.45) is 0 Å². The van der Waals surface area contributed by atoms with E-state index in [0.717, 1.165) is 51.1 Å². The number of nitrogens with one attached hydrogen (secondary N) is 1. The lowest BCUT2D eigenvalue weighted by atomic mass is 10.00. The summed E-state index contributed by atoms with van der Waals surface area (Å²) in [6.07, 6.45) is 4.36. The van der Waals surface area contributed by atoms with Crippen molar-refractivity contribution in [3.05, 3.63) is 65.2 Å². The molecule has 0 saturated carbocycles. The third-order valence-electron chi connectivity index (χ3n) is 5.64. The first-order valence-corrected chi connectivity index (χ1v) is 10.2. The molecule has 1 N–H and O–H groups in total. The third-order valence-corrected chi connectivity index (χ3v) is 5.64. The molecule has 0 aromatic heterocycles. The van der Waals surface area contributed by atoms with Crippen molar-refractivity contribution in [2.75, 3.05) is 31.5 Å². The summed E-state index contributed by atoms with van der Waals surface area (Å²) in [5, 5.41) is 2.95. The number of anilines is 1. The van der Waals surface area contributed by atoms with Crippen LogP contribution in [-0.4, -0.2) is 47.8 Å². The second-order valence-corrected chi connectivity index (χ2v) is 7.71. The van der Waals surface area contributed by atoms with E-state index in [1.165, 1.54) is 17.5 Å². The molecule has 2 aromatic carbocycles. The van der Waals surface area contributed by atoms with E-state index in [9.17, 15) is 9.59 Å². The lowest BCUT2D eigenvalue weighted by molar-refractivity contribution is -0.117. The van der Waals surface area contributed by atoms with E-state index < -0.39 is 0 Å². The molecule has 4 rings (SSSR count). The summed E-state index contributed by atoms with van der Waals surface area (Å²) in [5.41, 5.74) is 4.11. The minimum atomic E-state index is -0.0190. The van der Waals surface area contributed by atoms with Crippen molar-refractivity contribution in [1.82, 2.24) is 9.80 Å². The number of hydrogen-bond acceptors (Lipinski definition) is 3. The predicted octanol–water partition coefficient (Wildman–Crippen LogP) is 3.31. The van der Waals surface area contributed by atoms with E-state index in [4.69, 9.17) is 0 Å². The second-order valence-electron chi connectivity index (χ2n) is 7.71. The lowest BCUT2D eigenvalue weighted by Gasteiger charge is -2.28. The van der Waals surface area contributed by atoms with Gasteiger partial charge in [0.1, 0.15) is 0 Å². The van der Waals surface area contributed by atoms with E-state index in [1.807, 2.05) is 29.2 Å². The zero-order valence-electron chi connectivity index (χ0n) is 16.2. The summed E-state index contributed by atoms with van der Waals surface area (Å²) in [4.78, 5) is 29.1. The molecule has 146 valence electrons. The second kappa shape index (κ2) is 8.57. The zero-order valence-corrected chi connectivity index (χ0v) is 16.2. The van der Waals surface area contributed by atoms with Gasteiger partial charge in [-0.1, -0.05) is 24.3 Å². The van der Waals surface area contributed by atoms with Crippen molar-refractivity contribution in [2.45, 2.75) is 32.2 Å². The van der Waals surface area contributed by atoms with Gasteiger partial charge in [-0.05, 0) is 61.1 Å². The number of benzene rings is 2. The topological polar surface area (TPSA) is 52.7 Å². The van der Waals surface area contributed by atoms with Crippen molar-refractivity contribution < 1.29 is 9.59 Å². The molecule has 2 heterocycles. The Morgan fingerprint density at radius 1 is 0.857 bits per heavy atom. The van der Waals surface area contributed by atoms with Crippen LogP contribution in [0.3, 0.4) is 0 Å². The van der Waals surface area contributed by atoms with E-state index >= 15 is 0 Å². The number of carbonyl (C=O) groups excluding carboxylic acids is 2. The Morgan fingerprint density at radius 3 is 2.32 bits per heavy atom. The van der Waals surface area contributed by atoms with E-state index in [1.54, 1.807) is 0 Å². The van der Waals surface area contributed by atoms with Crippen LogP contribution in [0.5, 0.6) is 0 Å². The number of amides is 2. The van der Waals surface area contributed by atoms with Crippen LogP contribution >= 0.6 is 0 Å². The van der Waals surface area contributed by atoms with E-state index in [2.05, 4.69) is 34.5 Å². The molecule has 0 radical (unpaired) electrons. The van der Waals surface area contributed by atoms with Gasteiger partial charge in [0.05, 0.1) is 6.54 Å². The molecule has 2 aliphatic rings. The van der Waals surface area contributed by atoms with Crippen LogP contribution in [0.25, 0.3) is 0 Å². The van der Waals surface area contributed by atoms with Crippen molar-refractivity contribution >= 4 is 17.5 Å². The van der Waals surface area contributed by atoms with Gasteiger partial charge >= 0.3 is 0 Å². The van der Waals surface area contributed by atoms with Gasteiger partial charge in [-0.3, -0.25) is 14.5 Å². The van der Waals surface area contributed by atoms with Gasteiger partial charge in [0.15, 0.2) is 0 Å². The van der Waals surface area contributed by atoms with Crippen LogP contribution in [0.1, 0.15) is 40.7 Å². The van der Waals surface area contributed by atoms with Crippen molar-refractivity contribution in [1.29, 1.82) is 0 Å². The fourth-order valence-electron chi connectivity index (χ4n) is 4.07. The molecule has 2 amide bonds. The first-order valence-electron chi connectivity index (χ1n) is 10.2. The van der Waals surface area contributed by atoms with Gasteiger partial charge in [0.2, 0.25) is 5.91 Å². The highest BCUT2D eigenvalue weighted by Gasteiger charge is 2.19. The first-order chi connectivity index (χ1) is 13.7. The highest BCUT2D eigenvalue weighted by atomic mass is 16.2. The van der Waals surface area contributed by atoms with Crippen LogP contribution in [0.4, 0.5) is 5.69 Å². The molecule has 5 heteroatoms. The van der Waals surface area contributed by atoms with Gasteiger partial charge < -0.3 is 10.2 Å². The Labute approximate surface area is 166 Å². The van der Waals surface area contributed by atoms with Gasteiger partial charge in [0, 0.05) is 37.4 Å². The fraction of sp³-hybridized carbons (Fsp3) is 0.391. The highest BCUT2D eigenvalue weighted by molar-refractivity contribution is 5.96. The van der Waals surface area contributed by atoms with Gasteiger partial charge in [0.25, 0.3) is 5.91 Å². The minimum absolute atomic E-state index is 0.0190. The molecule has 5 nitrogen and oxygen atoms in total. The Kier molecular flexibility index (Phi) is 5.72. The largest absolute Gasteiger partial charge is 0.339 e. The lowest BCUT2D eigenvalue weighted by Crippen LogP contribution is -2.37. The molecule has 0 bridgehead atoms. The van der Waals surface area contributed by atoms with Gasteiger partial charge in [-0.2, -0.15) is 0 Å². The molecular formula is C23H27N3O2. The van der Waals surface area contributed by atoms with E-state index in [-0.39, 0.29) is 11.8 Å². The summed E-state index contributed by atoms with van der Waals surface area (Å²) in [7, 11) is 0. The summed E-state index contributed by atoms with van der Waals surface area (Å²) in [6, 6.07) is 15.7. The van der Waals surface area contributed by atoms with E-state index in [0.29, 0.717) is 12.1 Å². The third kappa shape index (κ3) is 4.42. The molecule has 0 atom stereocenters. The first kappa shape index (κ1) is 18.7. The molecule has 28 heavy (non-hydrogen) atoms. The molecular weight excluding hydrogens is 350 g/mol. The monoisotopic (exact) mass is 377 g/mol. The Hall–Kier alpha value is -2.66. The summed E-state index contributed by atoms with van der Waals surface area (Å²) < 4.78 is 0. The molecule has 2 aliphatic heterocycles. The number of nitrogens with zero attached hydrogens (tertiary/aromatic N) is 2. The standard InChI is InChI=1S/C23H27N3O2/c27-22(17-25-15-12-18-6-2-3-7-20(18)16-25)24-21-10-8-19(9-11-21)23(28)26-13-4-1-5-14-26/h2-3,6-11H,1,4-5,12-17H2,(H,24,27). The van der Waals surface area contributed by atoms with Crippen LogP contribution < -0.4 is 5.32 Å². The Bertz CT molecular complexity index is 841. The predicted molar refractivity (Wildman–Crippen MR) is 110 cm³/mol. The Balaban J connectivity index is 1.30.